The van der Waals surface area contributed by atoms with Gasteiger partial charge in [0.05, 0.1) is 17.0 Å². The summed E-state index contributed by atoms with van der Waals surface area (Å²) in [6.45, 7) is 0. The van der Waals surface area contributed by atoms with Gasteiger partial charge < -0.3 is 4.74 Å². The Kier molecular flexibility index (Phi) is 3.83. The molecule has 0 spiro atoms. The summed E-state index contributed by atoms with van der Waals surface area (Å²) in [6, 6.07) is 12.1. The van der Waals surface area contributed by atoms with E-state index >= 15 is 0 Å². The molecule has 0 aliphatic carbocycles. The van der Waals surface area contributed by atoms with Gasteiger partial charge in [0.15, 0.2) is 9.84 Å². The summed E-state index contributed by atoms with van der Waals surface area (Å²) in [7, 11) is -1.61. The summed E-state index contributed by atoms with van der Waals surface area (Å²) >= 11 is 6.06. The van der Waals surface area contributed by atoms with Crippen LogP contribution in [0.5, 0.6) is 5.75 Å². The van der Waals surface area contributed by atoms with Crippen LogP contribution in [0.2, 0.25) is 5.02 Å². The molecule has 0 amide bonds. The predicted octanol–water partition coefficient (Wildman–Crippen LogP) is 3.42. The monoisotopic (exact) mass is 296 g/mol. The largest absolute Gasteiger partial charge is 0.495 e. The van der Waals surface area contributed by atoms with Crippen molar-refractivity contribution in [1.29, 1.82) is 0 Å². The first kappa shape index (κ1) is 13.9. The van der Waals surface area contributed by atoms with E-state index in [9.17, 15) is 8.42 Å². The Bertz CT molecular complexity index is 691. The molecule has 2 aromatic rings. The first-order valence-corrected chi connectivity index (χ1v) is 7.83. The summed E-state index contributed by atoms with van der Waals surface area (Å²) in [4.78, 5) is 0.302. The Morgan fingerprint density at radius 1 is 1.00 bits per heavy atom. The minimum absolute atomic E-state index is 0.302. The number of ether oxygens (including phenoxy) is 1. The number of hydrogen-bond donors (Lipinski definition) is 0. The first-order chi connectivity index (χ1) is 8.91. The van der Waals surface area contributed by atoms with Gasteiger partial charge >= 0.3 is 0 Å². The Hall–Kier alpha value is -1.52. The number of hydrogen-bond acceptors (Lipinski definition) is 3. The van der Waals surface area contributed by atoms with Gasteiger partial charge in [-0.05, 0) is 35.4 Å². The van der Waals surface area contributed by atoms with Gasteiger partial charge in [0, 0.05) is 6.26 Å². The topological polar surface area (TPSA) is 43.4 Å². The van der Waals surface area contributed by atoms with Crippen LogP contribution in [0.4, 0.5) is 0 Å². The Balaban J connectivity index is 2.40. The zero-order valence-corrected chi connectivity index (χ0v) is 12.1. The molecular weight excluding hydrogens is 284 g/mol. The molecular formula is C14H13ClO3S. The molecule has 0 aromatic heterocycles. The van der Waals surface area contributed by atoms with E-state index in [0.29, 0.717) is 15.7 Å². The van der Waals surface area contributed by atoms with Crippen molar-refractivity contribution in [2.24, 2.45) is 0 Å². The van der Waals surface area contributed by atoms with E-state index in [-0.39, 0.29) is 0 Å². The SMILES string of the molecule is COc1ccc(-c2ccc(S(C)(=O)=O)cc2)cc1Cl. The minimum atomic E-state index is -3.17. The van der Waals surface area contributed by atoms with Crippen LogP contribution < -0.4 is 4.74 Å². The fourth-order valence-electron chi connectivity index (χ4n) is 1.74. The second kappa shape index (κ2) is 5.23. The van der Waals surface area contributed by atoms with Gasteiger partial charge in [-0.15, -0.1) is 0 Å². The molecule has 0 atom stereocenters. The standard InChI is InChI=1S/C14H13ClO3S/c1-18-14-8-5-11(9-13(14)15)10-3-6-12(7-4-10)19(2,16)17/h3-9H,1-2H3. The minimum Gasteiger partial charge on any atom is -0.495 e. The molecule has 0 saturated carbocycles. The highest BCUT2D eigenvalue weighted by Crippen LogP contribution is 2.30. The Morgan fingerprint density at radius 2 is 1.58 bits per heavy atom. The number of sulfone groups is 1. The third kappa shape index (κ3) is 3.08. The molecule has 19 heavy (non-hydrogen) atoms. The van der Waals surface area contributed by atoms with E-state index in [1.807, 2.05) is 6.07 Å². The van der Waals surface area contributed by atoms with Gasteiger partial charge in [-0.1, -0.05) is 29.8 Å². The Morgan fingerprint density at radius 3 is 2.05 bits per heavy atom. The molecule has 0 aliphatic rings. The first-order valence-electron chi connectivity index (χ1n) is 5.56. The number of methoxy groups -OCH3 is 1. The predicted molar refractivity (Wildman–Crippen MR) is 76.5 cm³/mol. The molecule has 0 unspecified atom stereocenters. The lowest BCUT2D eigenvalue weighted by atomic mass is 10.1. The van der Waals surface area contributed by atoms with E-state index in [2.05, 4.69) is 0 Å². The number of benzene rings is 2. The van der Waals surface area contributed by atoms with Crippen molar-refractivity contribution >= 4 is 21.4 Å². The molecule has 0 fully saturated rings. The molecule has 0 heterocycles. The molecule has 0 radical (unpaired) electrons. The van der Waals surface area contributed by atoms with Crippen LogP contribution in [0.15, 0.2) is 47.4 Å². The van der Waals surface area contributed by atoms with Crippen molar-refractivity contribution < 1.29 is 13.2 Å². The lowest BCUT2D eigenvalue weighted by Gasteiger charge is -2.07. The molecule has 100 valence electrons. The van der Waals surface area contributed by atoms with E-state index in [1.54, 1.807) is 43.5 Å². The highest BCUT2D eigenvalue weighted by Gasteiger charge is 2.08. The summed E-state index contributed by atoms with van der Waals surface area (Å²) in [5.41, 5.74) is 1.81. The van der Waals surface area contributed by atoms with Crippen LogP contribution >= 0.6 is 11.6 Å². The molecule has 0 aliphatic heterocycles. The van der Waals surface area contributed by atoms with Crippen molar-refractivity contribution in [2.75, 3.05) is 13.4 Å². The summed E-state index contributed by atoms with van der Waals surface area (Å²) in [5.74, 6) is 0.609. The lowest BCUT2D eigenvalue weighted by molar-refractivity contribution is 0.415. The van der Waals surface area contributed by atoms with Gasteiger partial charge in [0.1, 0.15) is 5.75 Å². The molecule has 2 rings (SSSR count). The summed E-state index contributed by atoms with van der Waals surface area (Å²) in [6.07, 6.45) is 1.19. The van der Waals surface area contributed by atoms with Crippen LogP contribution in [0, 0.1) is 0 Å². The third-order valence-corrected chi connectivity index (χ3v) is 4.19. The third-order valence-electron chi connectivity index (χ3n) is 2.77. The normalized spacial score (nSPS) is 11.3. The van der Waals surface area contributed by atoms with E-state index in [1.165, 1.54) is 6.26 Å². The average Bonchev–Trinajstić information content (AvgIpc) is 2.38. The van der Waals surface area contributed by atoms with Crippen molar-refractivity contribution in [2.45, 2.75) is 4.90 Å². The van der Waals surface area contributed by atoms with E-state index in [4.69, 9.17) is 16.3 Å². The molecule has 5 heteroatoms. The highest BCUT2D eigenvalue weighted by atomic mass is 35.5. The van der Waals surface area contributed by atoms with Crippen molar-refractivity contribution in [1.82, 2.24) is 0 Å². The summed E-state index contributed by atoms with van der Waals surface area (Å²) in [5, 5.41) is 0.521. The molecule has 0 N–H and O–H groups in total. The maximum absolute atomic E-state index is 11.4. The van der Waals surface area contributed by atoms with Crippen molar-refractivity contribution in [3.8, 4) is 16.9 Å². The quantitative estimate of drug-likeness (QED) is 0.871. The fourth-order valence-corrected chi connectivity index (χ4v) is 2.63. The van der Waals surface area contributed by atoms with Crippen molar-refractivity contribution in [3.05, 3.63) is 47.5 Å². The molecule has 2 aromatic carbocycles. The molecule has 0 bridgehead atoms. The van der Waals surface area contributed by atoms with E-state index < -0.39 is 9.84 Å². The Labute approximate surface area is 117 Å². The van der Waals surface area contributed by atoms with Crippen LogP contribution in [-0.2, 0) is 9.84 Å². The zero-order valence-electron chi connectivity index (χ0n) is 10.6. The van der Waals surface area contributed by atoms with Gasteiger partial charge in [-0.2, -0.15) is 0 Å². The van der Waals surface area contributed by atoms with Gasteiger partial charge in [0.25, 0.3) is 0 Å². The summed E-state index contributed by atoms with van der Waals surface area (Å²) < 4.78 is 27.8. The van der Waals surface area contributed by atoms with Gasteiger partial charge in [0.2, 0.25) is 0 Å². The van der Waals surface area contributed by atoms with Crippen LogP contribution in [0.25, 0.3) is 11.1 Å². The van der Waals surface area contributed by atoms with Crippen LogP contribution in [0.1, 0.15) is 0 Å². The second-order valence-corrected chi connectivity index (χ2v) is 6.57. The second-order valence-electron chi connectivity index (χ2n) is 4.15. The van der Waals surface area contributed by atoms with Crippen molar-refractivity contribution in [3.63, 3.8) is 0 Å². The molecule has 0 saturated heterocycles. The lowest BCUT2D eigenvalue weighted by Crippen LogP contribution is -1.96. The van der Waals surface area contributed by atoms with Gasteiger partial charge in [-0.3, -0.25) is 0 Å². The molecule has 3 nitrogen and oxygen atoms in total. The maximum Gasteiger partial charge on any atom is 0.175 e. The highest BCUT2D eigenvalue weighted by molar-refractivity contribution is 7.90. The van der Waals surface area contributed by atoms with Crippen LogP contribution in [-0.4, -0.2) is 21.8 Å². The smallest absolute Gasteiger partial charge is 0.175 e. The van der Waals surface area contributed by atoms with Gasteiger partial charge in [-0.25, -0.2) is 8.42 Å². The average molecular weight is 297 g/mol. The maximum atomic E-state index is 11.4. The number of rotatable bonds is 3. The number of halogens is 1. The van der Waals surface area contributed by atoms with Crippen LogP contribution in [0.3, 0.4) is 0 Å². The van der Waals surface area contributed by atoms with E-state index in [0.717, 1.165) is 11.1 Å². The fraction of sp³-hybridized carbons (Fsp3) is 0.143. The zero-order chi connectivity index (χ0) is 14.0.